The first-order valence-corrected chi connectivity index (χ1v) is 10.7. The van der Waals surface area contributed by atoms with Crippen LogP contribution in [0.1, 0.15) is 41.3 Å². The molecule has 0 bridgehead atoms. The Balaban J connectivity index is 0.000000319. The molecule has 0 saturated heterocycles. The maximum absolute atomic E-state index is 14.1. The Kier molecular flexibility index (Phi) is 9.88. The first kappa shape index (κ1) is 28.2. The van der Waals surface area contributed by atoms with E-state index in [4.69, 9.17) is 5.73 Å². The van der Waals surface area contributed by atoms with Crippen molar-refractivity contribution in [3.05, 3.63) is 69.7 Å². The summed E-state index contributed by atoms with van der Waals surface area (Å²) in [6, 6.07) is 4.42. The number of anilines is 1. The Morgan fingerprint density at radius 3 is 2.44 bits per heavy atom. The average molecular weight is 512 g/mol. The number of halogens is 5. The molecule has 1 aromatic carbocycles. The molecule has 13 heteroatoms. The van der Waals surface area contributed by atoms with E-state index in [-0.39, 0.29) is 12.1 Å². The van der Waals surface area contributed by atoms with Gasteiger partial charge < -0.3 is 10.6 Å². The molecule has 1 unspecified atom stereocenters. The highest BCUT2D eigenvalue weighted by Crippen LogP contribution is 2.29. The highest BCUT2D eigenvalue weighted by molar-refractivity contribution is 5.84. The molecule has 194 valence electrons. The third-order valence-corrected chi connectivity index (χ3v) is 4.86. The maximum atomic E-state index is 14.1. The van der Waals surface area contributed by atoms with Gasteiger partial charge in [0.15, 0.2) is 6.29 Å². The summed E-state index contributed by atoms with van der Waals surface area (Å²) in [5.41, 5.74) is 3.16. The predicted octanol–water partition coefficient (Wildman–Crippen LogP) is 4.44. The van der Waals surface area contributed by atoms with Gasteiger partial charge in [-0.25, -0.2) is 13.9 Å². The Hall–Kier alpha value is -4.03. The number of nitrogens with one attached hydrogen (secondary N) is 2. The summed E-state index contributed by atoms with van der Waals surface area (Å²) in [5, 5.41) is 11.2. The van der Waals surface area contributed by atoms with Crippen LogP contribution in [0.15, 0.2) is 41.6 Å². The minimum Gasteiger partial charge on any atom is -0.397 e. The van der Waals surface area contributed by atoms with Crippen LogP contribution in [0.25, 0.3) is 17.3 Å². The summed E-state index contributed by atoms with van der Waals surface area (Å²) < 4.78 is 63.7. The summed E-state index contributed by atoms with van der Waals surface area (Å²) in [5.74, 6) is -0.501. The average Bonchev–Trinajstić information content (AvgIpc) is 3.32. The molecule has 0 aliphatic carbocycles. The van der Waals surface area contributed by atoms with Gasteiger partial charge in [0, 0.05) is 30.9 Å². The van der Waals surface area contributed by atoms with Crippen molar-refractivity contribution in [2.45, 2.75) is 32.1 Å². The standard InChI is InChI=1S/C18H21F2N3O.C5H4F3N3O/c1-3-4-15(19)11-23(2)8-6-13-9-16(18-5-7-21-22-18)17(20)10-14(13)12-24;6-5(7,8)3-2(9)1-10-11-4(3)12/h5-10,12,15H,3-4,11H2,1-2H3,(H,21,22);1H,(H3,9,11,12)/b8-6-;. The normalized spacial score (nSPS) is 12.2. The lowest BCUT2D eigenvalue weighted by atomic mass is 10.0. The molecule has 0 aliphatic rings. The van der Waals surface area contributed by atoms with Gasteiger partial charge >= 0.3 is 6.18 Å². The number of benzene rings is 1. The van der Waals surface area contributed by atoms with Gasteiger partial charge in [-0.1, -0.05) is 13.3 Å². The molecule has 2 heterocycles. The van der Waals surface area contributed by atoms with Gasteiger partial charge in [0.05, 0.1) is 17.6 Å². The van der Waals surface area contributed by atoms with Crippen molar-refractivity contribution >= 4 is 18.0 Å². The quantitative estimate of drug-likeness (QED) is 0.303. The van der Waals surface area contributed by atoms with Crippen LogP contribution >= 0.6 is 0 Å². The largest absolute Gasteiger partial charge is 0.423 e. The topological polar surface area (TPSA) is 121 Å². The third kappa shape index (κ3) is 7.75. The van der Waals surface area contributed by atoms with Crippen LogP contribution in [0.2, 0.25) is 0 Å². The third-order valence-electron chi connectivity index (χ3n) is 4.86. The molecule has 2 aromatic heterocycles. The molecule has 0 amide bonds. The van der Waals surface area contributed by atoms with E-state index in [0.29, 0.717) is 29.5 Å². The lowest BCUT2D eigenvalue weighted by Crippen LogP contribution is -2.24. The predicted molar refractivity (Wildman–Crippen MR) is 125 cm³/mol. The Morgan fingerprint density at radius 1 is 1.19 bits per heavy atom. The van der Waals surface area contributed by atoms with Gasteiger partial charge in [-0.15, -0.1) is 0 Å². The lowest BCUT2D eigenvalue weighted by Gasteiger charge is -2.17. The molecule has 0 spiro atoms. The number of H-pyrrole nitrogens is 2. The zero-order valence-corrected chi connectivity index (χ0v) is 19.4. The summed E-state index contributed by atoms with van der Waals surface area (Å²) >= 11 is 0. The molecule has 0 saturated carbocycles. The second kappa shape index (κ2) is 12.6. The van der Waals surface area contributed by atoms with Crippen LogP contribution in [0.5, 0.6) is 0 Å². The van der Waals surface area contributed by atoms with Gasteiger partial charge in [-0.05, 0) is 42.5 Å². The molecular formula is C23H25F5N6O2. The number of aromatic amines is 2. The van der Waals surface area contributed by atoms with E-state index in [1.54, 1.807) is 41.5 Å². The fraction of sp³-hybridized carbons (Fsp3) is 0.304. The molecule has 3 aromatic rings. The van der Waals surface area contributed by atoms with Crippen molar-refractivity contribution in [1.82, 2.24) is 25.3 Å². The SMILES string of the molecule is CCCC(F)CN(C)/C=C\c1cc(-c2ccn[nH]2)c(F)cc1C=O.Nc1cn[nH]c(=O)c1C(F)(F)F. The van der Waals surface area contributed by atoms with Crippen LogP contribution in [0, 0.1) is 5.82 Å². The summed E-state index contributed by atoms with van der Waals surface area (Å²) in [4.78, 5) is 23.5. The van der Waals surface area contributed by atoms with Gasteiger partial charge in [0.25, 0.3) is 5.56 Å². The number of nitrogen functional groups attached to an aromatic ring is 1. The Morgan fingerprint density at radius 2 is 1.92 bits per heavy atom. The van der Waals surface area contributed by atoms with Crippen molar-refractivity contribution < 1.29 is 26.7 Å². The maximum Gasteiger partial charge on any atom is 0.423 e. The monoisotopic (exact) mass is 512 g/mol. The van der Waals surface area contributed by atoms with Crippen molar-refractivity contribution in [3.8, 4) is 11.3 Å². The van der Waals surface area contributed by atoms with Gasteiger partial charge in [0.1, 0.15) is 17.6 Å². The number of rotatable bonds is 8. The zero-order valence-electron chi connectivity index (χ0n) is 19.4. The van der Waals surface area contributed by atoms with E-state index < -0.39 is 35.0 Å². The van der Waals surface area contributed by atoms with Gasteiger partial charge in [-0.3, -0.25) is 14.7 Å². The van der Waals surface area contributed by atoms with E-state index in [2.05, 4.69) is 15.3 Å². The lowest BCUT2D eigenvalue weighted by molar-refractivity contribution is -0.138. The number of aldehydes is 1. The summed E-state index contributed by atoms with van der Waals surface area (Å²) in [6.45, 7) is 2.21. The first-order valence-electron chi connectivity index (χ1n) is 10.7. The molecule has 1 atom stereocenters. The summed E-state index contributed by atoms with van der Waals surface area (Å²) in [6.07, 6.45) is 1.92. The summed E-state index contributed by atoms with van der Waals surface area (Å²) in [7, 11) is 1.76. The molecule has 4 N–H and O–H groups in total. The van der Waals surface area contributed by atoms with E-state index >= 15 is 0 Å². The molecule has 36 heavy (non-hydrogen) atoms. The Bertz CT molecular complexity index is 1220. The number of alkyl halides is 4. The van der Waals surface area contributed by atoms with E-state index in [9.17, 15) is 31.5 Å². The van der Waals surface area contributed by atoms with Crippen molar-refractivity contribution in [1.29, 1.82) is 0 Å². The molecule has 0 radical (unpaired) electrons. The number of nitrogens with zero attached hydrogens (tertiary/aromatic N) is 3. The van der Waals surface area contributed by atoms with Crippen molar-refractivity contribution in [3.63, 3.8) is 0 Å². The Labute approximate surface area is 203 Å². The van der Waals surface area contributed by atoms with Crippen LogP contribution < -0.4 is 11.3 Å². The molecular weight excluding hydrogens is 487 g/mol. The van der Waals surface area contributed by atoms with E-state index in [0.717, 1.165) is 12.6 Å². The second-order valence-electron chi connectivity index (χ2n) is 7.72. The number of nitrogens with two attached hydrogens (primary N) is 1. The molecule has 0 aliphatic heterocycles. The fourth-order valence-corrected chi connectivity index (χ4v) is 3.15. The number of hydrogen-bond acceptors (Lipinski definition) is 6. The zero-order chi connectivity index (χ0) is 26.9. The van der Waals surface area contributed by atoms with Gasteiger partial charge in [-0.2, -0.15) is 23.4 Å². The number of aromatic nitrogens is 4. The van der Waals surface area contributed by atoms with Crippen LogP contribution in [-0.2, 0) is 6.18 Å². The van der Waals surface area contributed by atoms with E-state index in [1.165, 1.54) is 12.3 Å². The number of hydrogen-bond donors (Lipinski definition) is 3. The second-order valence-corrected chi connectivity index (χ2v) is 7.72. The minimum absolute atomic E-state index is 0.241. The molecule has 0 fully saturated rings. The van der Waals surface area contributed by atoms with Crippen LogP contribution in [0.4, 0.5) is 27.6 Å². The van der Waals surface area contributed by atoms with Gasteiger partial charge in [0.2, 0.25) is 0 Å². The van der Waals surface area contributed by atoms with Crippen LogP contribution in [0.3, 0.4) is 0 Å². The highest BCUT2D eigenvalue weighted by Gasteiger charge is 2.36. The van der Waals surface area contributed by atoms with Crippen molar-refractivity contribution in [2.75, 3.05) is 19.3 Å². The smallest absolute Gasteiger partial charge is 0.397 e. The van der Waals surface area contributed by atoms with E-state index in [1.807, 2.05) is 6.92 Å². The number of carbonyl (C=O) groups excluding carboxylic acids is 1. The number of carbonyl (C=O) groups is 1. The molecule has 3 rings (SSSR count). The minimum atomic E-state index is -4.74. The first-order chi connectivity index (χ1) is 17.0. The highest BCUT2D eigenvalue weighted by atomic mass is 19.4. The molecule has 8 nitrogen and oxygen atoms in total. The van der Waals surface area contributed by atoms with Crippen LogP contribution in [-0.4, -0.2) is 51.3 Å². The fourth-order valence-electron chi connectivity index (χ4n) is 3.15. The van der Waals surface area contributed by atoms with Crippen molar-refractivity contribution in [2.24, 2.45) is 0 Å².